The fraction of sp³-hybridized carbons (Fsp3) is 0.0980. The molecule has 54 heavy (non-hydrogen) atoms. The number of hydrogen-bond acceptors (Lipinski definition) is 3. The summed E-state index contributed by atoms with van der Waals surface area (Å²) in [4.78, 5) is 7.02. The number of para-hydroxylation sites is 2. The predicted molar refractivity (Wildman–Crippen MR) is 231 cm³/mol. The Morgan fingerprint density at radius 2 is 1.44 bits per heavy atom. The summed E-state index contributed by atoms with van der Waals surface area (Å²) in [5.74, 6) is 0.532. The molecule has 5 aromatic carbocycles. The molecule has 0 amide bonds. The van der Waals surface area contributed by atoms with Gasteiger partial charge in [0.15, 0.2) is 0 Å². The third-order valence-electron chi connectivity index (χ3n) is 10.4. The van der Waals surface area contributed by atoms with Gasteiger partial charge in [0.1, 0.15) is 0 Å². The van der Waals surface area contributed by atoms with E-state index in [4.69, 9.17) is 6.58 Å². The van der Waals surface area contributed by atoms with Crippen LogP contribution in [0.3, 0.4) is 0 Å². The van der Waals surface area contributed by atoms with Gasteiger partial charge in [0, 0.05) is 45.9 Å². The molecule has 3 nitrogen and oxygen atoms in total. The number of rotatable bonds is 9. The van der Waals surface area contributed by atoms with Crippen molar-refractivity contribution in [2.24, 2.45) is 5.92 Å². The van der Waals surface area contributed by atoms with E-state index < -0.39 is 0 Å². The van der Waals surface area contributed by atoms with E-state index in [1.807, 2.05) is 12.2 Å². The van der Waals surface area contributed by atoms with Crippen LogP contribution in [0.25, 0.3) is 16.7 Å². The van der Waals surface area contributed by atoms with Crippen molar-refractivity contribution in [2.75, 3.05) is 14.7 Å². The molecule has 8 rings (SSSR count). The highest BCUT2D eigenvalue weighted by Crippen LogP contribution is 2.48. The number of benzene rings is 5. The van der Waals surface area contributed by atoms with E-state index in [2.05, 4.69) is 205 Å². The summed E-state index contributed by atoms with van der Waals surface area (Å²) < 4.78 is 0. The second kappa shape index (κ2) is 15.2. The van der Waals surface area contributed by atoms with Gasteiger partial charge >= 0.3 is 0 Å². The van der Waals surface area contributed by atoms with Gasteiger partial charge in [0.05, 0.1) is 11.4 Å². The number of anilines is 5. The topological polar surface area (TPSA) is 9.72 Å². The van der Waals surface area contributed by atoms with E-state index in [0.717, 1.165) is 63.8 Å². The SMILES string of the molecule is C=C/C=C\C(=C/C)N(C1=C/N(c2ccc(N(C3=CCC(C)C=C3)c3ccccc3)cc2)c2cccc3c2C(=C)/C(=C\1)Cc1ccccc1-3)c1ccccc1. The summed E-state index contributed by atoms with van der Waals surface area (Å²) in [7, 11) is 0. The molecule has 0 fully saturated rings. The van der Waals surface area contributed by atoms with E-state index >= 15 is 0 Å². The second-order valence-electron chi connectivity index (χ2n) is 14.0. The van der Waals surface area contributed by atoms with Crippen LogP contribution in [0.5, 0.6) is 0 Å². The summed E-state index contributed by atoms with van der Waals surface area (Å²) in [6.45, 7) is 13.2. The summed E-state index contributed by atoms with van der Waals surface area (Å²) >= 11 is 0. The molecular formula is C51H45N3. The zero-order chi connectivity index (χ0) is 37.0. The van der Waals surface area contributed by atoms with Crippen molar-refractivity contribution >= 4 is 34.0 Å². The van der Waals surface area contributed by atoms with Crippen LogP contribution in [0.4, 0.5) is 28.4 Å². The molecule has 1 unspecified atom stereocenters. The summed E-state index contributed by atoms with van der Waals surface area (Å²) in [5.41, 5.74) is 15.9. The van der Waals surface area contributed by atoms with E-state index in [1.54, 1.807) is 0 Å². The minimum atomic E-state index is 0.532. The van der Waals surface area contributed by atoms with Crippen molar-refractivity contribution in [1.82, 2.24) is 0 Å². The number of hydrogen-bond donors (Lipinski definition) is 0. The van der Waals surface area contributed by atoms with Gasteiger partial charge in [-0.1, -0.05) is 123 Å². The molecule has 1 aliphatic heterocycles. The number of fused-ring (bicyclic) bond motifs is 3. The normalized spacial score (nSPS) is 18.3. The third kappa shape index (κ3) is 6.61. The molecule has 264 valence electrons. The molecule has 1 heterocycles. The quantitative estimate of drug-likeness (QED) is 0.142. The highest BCUT2D eigenvalue weighted by atomic mass is 15.2. The second-order valence-corrected chi connectivity index (χ2v) is 14.0. The van der Waals surface area contributed by atoms with Crippen molar-refractivity contribution in [2.45, 2.75) is 26.7 Å². The Morgan fingerprint density at radius 1 is 0.759 bits per heavy atom. The van der Waals surface area contributed by atoms with Gasteiger partial charge in [-0.2, -0.15) is 0 Å². The van der Waals surface area contributed by atoms with Crippen molar-refractivity contribution in [1.29, 1.82) is 0 Å². The molecule has 0 aromatic heterocycles. The largest absolute Gasteiger partial charge is 0.314 e. The Labute approximate surface area is 320 Å². The Balaban J connectivity index is 1.35. The van der Waals surface area contributed by atoms with Crippen LogP contribution < -0.4 is 14.7 Å². The first-order valence-electron chi connectivity index (χ1n) is 18.8. The fourth-order valence-electron chi connectivity index (χ4n) is 7.74. The standard InChI is InChI=1S/C51H45N3/c1-5-7-18-41(6-2)53(43-19-10-8-11-20-43)47-35-40-34-39-17-14-15-23-48(39)49-24-16-25-50(51(49)38(40)4)52(36-47)42-30-32-46(33-31-42)54(44-21-12-9-13-22-44)45-28-26-37(3)27-29-45/h5-26,28-33,35-37H,1,4,27,34H2,2-3H3/b18-7-,40-35-,41-6+,47-36+. The average Bonchev–Trinajstić information content (AvgIpc) is 3.34. The first-order chi connectivity index (χ1) is 26.5. The lowest BCUT2D eigenvalue weighted by Crippen LogP contribution is -2.24. The lowest BCUT2D eigenvalue weighted by Gasteiger charge is -2.34. The van der Waals surface area contributed by atoms with E-state index in [0.29, 0.717) is 5.92 Å². The van der Waals surface area contributed by atoms with Crippen LogP contribution in [0.1, 0.15) is 31.4 Å². The maximum Gasteiger partial charge on any atom is 0.0630 e. The maximum atomic E-state index is 4.83. The van der Waals surface area contributed by atoms with Crippen LogP contribution in [0, 0.1) is 5.92 Å². The molecule has 0 saturated carbocycles. The van der Waals surface area contributed by atoms with Gasteiger partial charge in [-0.05, 0) is 126 Å². The van der Waals surface area contributed by atoms with Gasteiger partial charge in [0.2, 0.25) is 0 Å². The first-order valence-corrected chi connectivity index (χ1v) is 18.8. The molecule has 0 N–H and O–H groups in total. The zero-order valence-electron chi connectivity index (χ0n) is 31.1. The lowest BCUT2D eigenvalue weighted by molar-refractivity contribution is 0.728. The molecule has 3 heteroatoms. The number of nitrogens with zero attached hydrogens (tertiary/aromatic N) is 3. The van der Waals surface area contributed by atoms with Gasteiger partial charge in [-0.15, -0.1) is 0 Å². The van der Waals surface area contributed by atoms with Gasteiger partial charge in [-0.25, -0.2) is 0 Å². The average molecular weight is 700 g/mol. The van der Waals surface area contributed by atoms with Crippen molar-refractivity contribution < 1.29 is 0 Å². The molecule has 1 atom stereocenters. The maximum absolute atomic E-state index is 4.83. The molecule has 5 aromatic rings. The third-order valence-corrected chi connectivity index (χ3v) is 10.4. The molecule has 2 aliphatic carbocycles. The van der Waals surface area contributed by atoms with Crippen molar-refractivity contribution in [3.8, 4) is 11.1 Å². The van der Waals surface area contributed by atoms with E-state index in [-0.39, 0.29) is 0 Å². The van der Waals surface area contributed by atoms with Crippen LogP contribution in [0.2, 0.25) is 0 Å². The van der Waals surface area contributed by atoms with Crippen molar-refractivity contribution in [3.05, 3.63) is 229 Å². The Kier molecular flexibility index (Phi) is 9.70. The summed E-state index contributed by atoms with van der Waals surface area (Å²) in [5, 5.41) is 0. The first kappa shape index (κ1) is 34.5. The van der Waals surface area contributed by atoms with Crippen LogP contribution in [-0.2, 0) is 6.42 Å². The Hall–Kier alpha value is -6.58. The Morgan fingerprint density at radius 3 is 2.15 bits per heavy atom. The minimum absolute atomic E-state index is 0.532. The molecule has 0 saturated heterocycles. The van der Waals surface area contributed by atoms with Crippen LogP contribution in [-0.4, -0.2) is 0 Å². The van der Waals surface area contributed by atoms with Crippen molar-refractivity contribution in [3.63, 3.8) is 0 Å². The highest BCUT2D eigenvalue weighted by molar-refractivity contribution is 5.99. The van der Waals surface area contributed by atoms with Crippen LogP contribution >= 0.6 is 0 Å². The van der Waals surface area contributed by atoms with Gasteiger partial charge in [0.25, 0.3) is 0 Å². The summed E-state index contributed by atoms with van der Waals surface area (Å²) in [6.07, 6.45) is 21.4. The smallest absolute Gasteiger partial charge is 0.0630 e. The summed E-state index contributed by atoms with van der Waals surface area (Å²) in [6, 6.07) is 45.7. The molecule has 2 bridgehead atoms. The number of allylic oxidation sites excluding steroid dienone is 10. The van der Waals surface area contributed by atoms with E-state index in [9.17, 15) is 0 Å². The van der Waals surface area contributed by atoms with Gasteiger partial charge in [-0.3, -0.25) is 0 Å². The molecular weight excluding hydrogens is 655 g/mol. The zero-order valence-corrected chi connectivity index (χ0v) is 31.1. The minimum Gasteiger partial charge on any atom is -0.314 e. The monoisotopic (exact) mass is 699 g/mol. The predicted octanol–water partition coefficient (Wildman–Crippen LogP) is 13.6. The molecule has 0 radical (unpaired) electrons. The Bertz CT molecular complexity index is 2390. The molecule has 3 aliphatic rings. The fourth-order valence-corrected chi connectivity index (χ4v) is 7.74. The highest BCUT2D eigenvalue weighted by Gasteiger charge is 2.29. The van der Waals surface area contributed by atoms with Gasteiger partial charge < -0.3 is 14.7 Å². The van der Waals surface area contributed by atoms with Crippen LogP contribution in [0.15, 0.2) is 218 Å². The lowest BCUT2D eigenvalue weighted by atomic mass is 9.91. The molecule has 0 spiro atoms. The van der Waals surface area contributed by atoms with E-state index in [1.165, 1.54) is 28.0 Å².